The first-order valence-corrected chi connectivity index (χ1v) is 10.0. The van der Waals surface area contributed by atoms with Crippen molar-refractivity contribution in [1.82, 2.24) is 25.3 Å². The highest BCUT2D eigenvalue weighted by Gasteiger charge is 2.25. The monoisotopic (exact) mass is 390 g/mol. The summed E-state index contributed by atoms with van der Waals surface area (Å²) in [4.78, 5) is 14.3. The molecule has 0 aliphatic carbocycles. The van der Waals surface area contributed by atoms with Crippen LogP contribution in [0.15, 0.2) is 22.8 Å². The molecule has 1 aliphatic rings. The Balaban J connectivity index is 1.28. The SMILES string of the molecule is Cc1nnc(NC(=O)CN2CCC(c3nnc(-c4ccco4)s3)CC2)s1. The maximum atomic E-state index is 12.1. The summed E-state index contributed by atoms with van der Waals surface area (Å²) in [7, 11) is 0. The van der Waals surface area contributed by atoms with Gasteiger partial charge in [-0.15, -0.1) is 20.4 Å². The van der Waals surface area contributed by atoms with E-state index in [1.165, 1.54) is 11.3 Å². The molecule has 136 valence electrons. The number of hydrogen-bond donors (Lipinski definition) is 1. The van der Waals surface area contributed by atoms with Crippen molar-refractivity contribution in [1.29, 1.82) is 0 Å². The van der Waals surface area contributed by atoms with E-state index in [2.05, 4.69) is 30.6 Å². The fourth-order valence-electron chi connectivity index (χ4n) is 2.95. The summed E-state index contributed by atoms with van der Waals surface area (Å²) >= 11 is 2.97. The molecule has 0 aromatic carbocycles. The number of nitrogens with zero attached hydrogens (tertiary/aromatic N) is 5. The lowest BCUT2D eigenvalue weighted by molar-refractivity contribution is -0.117. The van der Waals surface area contributed by atoms with Crippen LogP contribution in [0.1, 0.15) is 28.8 Å². The van der Waals surface area contributed by atoms with Gasteiger partial charge in [-0.05, 0) is 45.0 Å². The smallest absolute Gasteiger partial charge is 0.240 e. The molecule has 10 heteroatoms. The molecule has 1 saturated heterocycles. The Morgan fingerprint density at radius 2 is 2.12 bits per heavy atom. The first kappa shape index (κ1) is 17.3. The summed E-state index contributed by atoms with van der Waals surface area (Å²) in [5.74, 6) is 1.10. The van der Waals surface area contributed by atoms with Gasteiger partial charge in [0.2, 0.25) is 11.0 Å². The molecular weight excluding hydrogens is 372 g/mol. The number of amides is 1. The zero-order valence-corrected chi connectivity index (χ0v) is 15.8. The molecule has 8 nitrogen and oxygen atoms in total. The van der Waals surface area contributed by atoms with Gasteiger partial charge in [-0.25, -0.2) is 0 Å². The summed E-state index contributed by atoms with van der Waals surface area (Å²) in [6.07, 6.45) is 3.58. The van der Waals surface area contributed by atoms with Gasteiger partial charge in [0.25, 0.3) is 0 Å². The van der Waals surface area contributed by atoms with E-state index in [9.17, 15) is 4.79 Å². The van der Waals surface area contributed by atoms with Crippen molar-refractivity contribution in [3.05, 3.63) is 28.4 Å². The molecule has 1 fully saturated rings. The molecule has 0 bridgehead atoms. The van der Waals surface area contributed by atoms with E-state index in [-0.39, 0.29) is 5.91 Å². The van der Waals surface area contributed by atoms with Crippen molar-refractivity contribution in [2.45, 2.75) is 25.7 Å². The predicted molar refractivity (Wildman–Crippen MR) is 99.3 cm³/mol. The van der Waals surface area contributed by atoms with Crippen molar-refractivity contribution >= 4 is 33.7 Å². The maximum absolute atomic E-state index is 12.1. The number of aromatic nitrogens is 4. The third-order valence-electron chi connectivity index (χ3n) is 4.25. The lowest BCUT2D eigenvalue weighted by Crippen LogP contribution is -2.38. The molecule has 1 aliphatic heterocycles. The number of likely N-dealkylation sites (tertiary alicyclic amines) is 1. The molecule has 1 amide bonds. The molecule has 4 rings (SSSR count). The Morgan fingerprint density at radius 1 is 1.27 bits per heavy atom. The number of rotatable bonds is 5. The van der Waals surface area contributed by atoms with Crippen LogP contribution >= 0.6 is 22.7 Å². The number of nitrogens with one attached hydrogen (secondary N) is 1. The number of hydrogen-bond acceptors (Lipinski definition) is 9. The quantitative estimate of drug-likeness (QED) is 0.715. The second kappa shape index (κ2) is 7.60. The highest BCUT2D eigenvalue weighted by atomic mass is 32.1. The van der Waals surface area contributed by atoms with Crippen molar-refractivity contribution in [2.24, 2.45) is 0 Å². The Bertz CT molecular complexity index is 867. The maximum Gasteiger partial charge on any atom is 0.240 e. The molecule has 0 saturated carbocycles. The number of carbonyl (C=O) groups excluding carboxylic acids is 1. The summed E-state index contributed by atoms with van der Waals surface area (Å²) < 4.78 is 5.38. The average Bonchev–Trinajstić information content (AvgIpc) is 3.36. The Hall–Kier alpha value is -2.17. The molecular formula is C16H18N6O2S2. The molecule has 0 atom stereocenters. The lowest BCUT2D eigenvalue weighted by atomic mass is 9.98. The zero-order chi connectivity index (χ0) is 17.9. The Kier molecular flexibility index (Phi) is 5.05. The van der Waals surface area contributed by atoms with E-state index in [4.69, 9.17) is 4.42 Å². The van der Waals surface area contributed by atoms with E-state index in [0.29, 0.717) is 17.6 Å². The van der Waals surface area contributed by atoms with Gasteiger partial charge in [0.1, 0.15) is 10.0 Å². The number of carbonyl (C=O) groups is 1. The number of anilines is 1. The Morgan fingerprint density at radius 3 is 2.81 bits per heavy atom. The van der Waals surface area contributed by atoms with E-state index in [1.807, 2.05) is 19.1 Å². The zero-order valence-electron chi connectivity index (χ0n) is 14.2. The van der Waals surface area contributed by atoms with E-state index >= 15 is 0 Å². The third-order valence-corrected chi connectivity index (χ3v) is 6.10. The largest absolute Gasteiger partial charge is 0.462 e. The van der Waals surface area contributed by atoms with Gasteiger partial charge >= 0.3 is 0 Å². The summed E-state index contributed by atoms with van der Waals surface area (Å²) in [5, 5.41) is 22.5. The van der Waals surface area contributed by atoms with Crippen molar-refractivity contribution < 1.29 is 9.21 Å². The molecule has 0 spiro atoms. The molecule has 3 aromatic rings. The van der Waals surface area contributed by atoms with E-state index in [1.54, 1.807) is 17.6 Å². The highest BCUT2D eigenvalue weighted by Crippen LogP contribution is 2.33. The number of piperidine rings is 1. The standard InChI is InChI=1S/C16H18N6O2S2/c1-10-18-21-16(25-10)17-13(23)9-22-6-4-11(5-7-22)14-19-20-15(26-14)12-3-2-8-24-12/h2-3,8,11H,4-7,9H2,1H3,(H,17,21,23). The molecule has 0 radical (unpaired) electrons. The molecule has 26 heavy (non-hydrogen) atoms. The summed E-state index contributed by atoms with van der Waals surface area (Å²) in [5.41, 5.74) is 0. The van der Waals surface area contributed by atoms with Crippen LogP contribution < -0.4 is 5.32 Å². The van der Waals surface area contributed by atoms with Crippen LogP contribution in [0.2, 0.25) is 0 Å². The number of aryl methyl sites for hydroxylation is 1. The topological polar surface area (TPSA) is 97.0 Å². The van der Waals surface area contributed by atoms with Gasteiger partial charge in [-0.1, -0.05) is 22.7 Å². The van der Waals surface area contributed by atoms with Gasteiger partial charge in [0.15, 0.2) is 10.8 Å². The fraction of sp³-hybridized carbons (Fsp3) is 0.438. The molecule has 1 N–H and O–H groups in total. The first-order valence-electron chi connectivity index (χ1n) is 8.37. The van der Waals surface area contributed by atoms with Gasteiger partial charge < -0.3 is 4.42 Å². The predicted octanol–water partition coefficient (Wildman–Crippen LogP) is 2.78. The minimum Gasteiger partial charge on any atom is -0.462 e. The van der Waals surface area contributed by atoms with Crippen molar-refractivity contribution in [2.75, 3.05) is 25.0 Å². The number of furan rings is 1. The van der Waals surface area contributed by atoms with Crippen LogP contribution in [0.4, 0.5) is 5.13 Å². The van der Waals surface area contributed by atoms with Crippen molar-refractivity contribution in [3.8, 4) is 10.8 Å². The second-order valence-corrected chi connectivity index (χ2v) is 8.34. The molecule has 3 aromatic heterocycles. The van der Waals surface area contributed by atoms with E-state index in [0.717, 1.165) is 46.7 Å². The van der Waals surface area contributed by atoms with Crippen LogP contribution in [-0.2, 0) is 4.79 Å². The molecule has 0 unspecified atom stereocenters. The minimum absolute atomic E-state index is 0.0457. The van der Waals surface area contributed by atoms with Gasteiger partial charge in [-0.3, -0.25) is 15.0 Å². The lowest BCUT2D eigenvalue weighted by Gasteiger charge is -2.30. The van der Waals surface area contributed by atoms with Gasteiger partial charge in [-0.2, -0.15) is 0 Å². The minimum atomic E-state index is -0.0457. The van der Waals surface area contributed by atoms with Crippen LogP contribution in [0.5, 0.6) is 0 Å². The first-order chi connectivity index (χ1) is 12.7. The second-order valence-electron chi connectivity index (χ2n) is 6.15. The average molecular weight is 390 g/mol. The van der Waals surface area contributed by atoms with Crippen LogP contribution in [-0.4, -0.2) is 50.8 Å². The summed E-state index contributed by atoms with van der Waals surface area (Å²) in [6.45, 7) is 3.97. The van der Waals surface area contributed by atoms with Crippen LogP contribution in [0, 0.1) is 6.92 Å². The fourth-order valence-corrected chi connectivity index (χ4v) is 4.53. The van der Waals surface area contributed by atoms with Gasteiger partial charge in [0.05, 0.1) is 12.8 Å². The van der Waals surface area contributed by atoms with Crippen LogP contribution in [0.25, 0.3) is 10.8 Å². The highest BCUT2D eigenvalue weighted by molar-refractivity contribution is 7.15. The van der Waals surface area contributed by atoms with E-state index < -0.39 is 0 Å². The normalized spacial score (nSPS) is 16.0. The third kappa shape index (κ3) is 3.97. The van der Waals surface area contributed by atoms with Gasteiger partial charge in [0, 0.05) is 5.92 Å². The van der Waals surface area contributed by atoms with Crippen LogP contribution in [0.3, 0.4) is 0 Å². The Labute approximate surface area is 158 Å². The summed E-state index contributed by atoms with van der Waals surface area (Å²) in [6, 6.07) is 3.74. The molecule has 4 heterocycles. The van der Waals surface area contributed by atoms with Crippen molar-refractivity contribution in [3.63, 3.8) is 0 Å².